The monoisotopic (exact) mass is 520 g/mol. The molecule has 0 unspecified atom stereocenters. The van der Waals surface area contributed by atoms with Gasteiger partial charge in [0.05, 0.1) is 12.0 Å². The molecule has 0 aliphatic heterocycles. The Balaban J connectivity index is 1.25. The first-order valence-electron chi connectivity index (χ1n) is 14.6. The van der Waals surface area contributed by atoms with Gasteiger partial charge in [-0.25, -0.2) is 4.79 Å². The lowest BCUT2D eigenvalue weighted by Gasteiger charge is -2.08. The van der Waals surface area contributed by atoms with Crippen molar-refractivity contribution in [3.63, 3.8) is 0 Å². The van der Waals surface area contributed by atoms with Gasteiger partial charge in [0, 0.05) is 17.7 Å². The summed E-state index contributed by atoms with van der Waals surface area (Å²) in [5.74, 6) is 0.561. The normalized spacial score (nSPS) is 11.1. The van der Waals surface area contributed by atoms with E-state index in [1.165, 1.54) is 83.1 Å². The predicted octanol–water partition coefficient (Wildman–Crippen LogP) is 8.86. The van der Waals surface area contributed by atoms with Crippen LogP contribution in [0.25, 0.3) is 22.3 Å². The third-order valence-corrected chi connectivity index (χ3v) is 6.88. The summed E-state index contributed by atoms with van der Waals surface area (Å²) < 4.78 is 16.9. The molecule has 5 nitrogen and oxygen atoms in total. The number of ether oxygens (including phenoxy) is 2. The summed E-state index contributed by atoms with van der Waals surface area (Å²) in [6.07, 6.45) is 18.1. The Bertz CT molecular complexity index is 1140. The van der Waals surface area contributed by atoms with E-state index < -0.39 is 0 Å². The molecule has 1 aromatic heterocycles. The fraction of sp³-hybridized carbons (Fsp3) is 0.515. The van der Waals surface area contributed by atoms with Crippen LogP contribution in [-0.2, 0) is 9.53 Å². The molecule has 0 spiro atoms. The molecule has 0 saturated carbocycles. The van der Waals surface area contributed by atoms with E-state index in [9.17, 15) is 9.59 Å². The fourth-order valence-corrected chi connectivity index (χ4v) is 4.64. The van der Waals surface area contributed by atoms with Crippen LogP contribution in [0.2, 0.25) is 0 Å². The Morgan fingerprint density at radius 2 is 1.34 bits per heavy atom. The van der Waals surface area contributed by atoms with Crippen molar-refractivity contribution in [1.29, 1.82) is 0 Å². The van der Waals surface area contributed by atoms with Crippen LogP contribution in [0.4, 0.5) is 0 Å². The smallest absolute Gasteiger partial charge is 0.344 e. The maximum absolute atomic E-state index is 12.5. The molecule has 0 aliphatic rings. The summed E-state index contributed by atoms with van der Waals surface area (Å²) in [5, 5.41) is 0.470. The molecule has 0 bridgehead atoms. The van der Waals surface area contributed by atoms with Crippen LogP contribution >= 0.6 is 0 Å². The van der Waals surface area contributed by atoms with Crippen molar-refractivity contribution < 1.29 is 18.7 Å². The van der Waals surface area contributed by atoms with E-state index in [2.05, 4.69) is 6.92 Å². The lowest BCUT2D eigenvalue weighted by Crippen LogP contribution is -2.15. The lowest BCUT2D eigenvalue weighted by atomic mass is 10.0. The molecule has 1 heterocycles. The number of carbonyl (C=O) groups excluding carboxylic acids is 1. The average Bonchev–Trinajstić information content (AvgIpc) is 2.94. The zero-order valence-corrected chi connectivity index (χ0v) is 23.1. The molecule has 3 aromatic rings. The summed E-state index contributed by atoms with van der Waals surface area (Å²) in [6.45, 7) is 2.52. The lowest BCUT2D eigenvalue weighted by molar-refractivity contribution is -0.146. The highest BCUT2D eigenvalue weighted by Gasteiger charge is 2.10. The summed E-state index contributed by atoms with van der Waals surface area (Å²) in [7, 11) is 0. The fourth-order valence-electron chi connectivity index (χ4n) is 4.64. The maximum Gasteiger partial charge on any atom is 0.344 e. The first-order chi connectivity index (χ1) is 18.7. The zero-order valence-electron chi connectivity index (χ0n) is 23.1. The summed E-state index contributed by atoms with van der Waals surface area (Å²) in [5.41, 5.74) is 1.12. The van der Waals surface area contributed by atoms with E-state index >= 15 is 0 Å². The molecular formula is C33H44O5. The van der Waals surface area contributed by atoms with Gasteiger partial charge in [0.25, 0.3) is 0 Å². The van der Waals surface area contributed by atoms with Crippen molar-refractivity contribution in [3.8, 4) is 17.1 Å². The second kappa shape index (κ2) is 17.4. The molecule has 0 radical (unpaired) electrons. The minimum absolute atomic E-state index is 0.121. The topological polar surface area (TPSA) is 65.7 Å². The first-order valence-corrected chi connectivity index (χ1v) is 14.6. The Labute approximate surface area is 227 Å². The molecule has 0 fully saturated rings. The van der Waals surface area contributed by atoms with Crippen molar-refractivity contribution >= 4 is 16.9 Å². The highest BCUT2D eigenvalue weighted by molar-refractivity contribution is 5.80. The van der Waals surface area contributed by atoms with Crippen molar-refractivity contribution in [2.75, 3.05) is 13.2 Å². The second-order valence-electron chi connectivity index (χ2n) is 10.1. The second-order valence-corrected chi connectivity index (χ2v) is 10.1. The Kier molecular flexibility index (Phi) is 13.5. The number of rotatable bonds is 19. The van der Waals surface area contributed by atoms with Gasteiger partial charge in [-0.1, -0.05) is 121 Å². The van der Waals surface area contributed by atoms with Gasteiger partial charge < -0.3 is 13.9 Å². The SMILES string of the molecule is CCCCCCCCCCCCCCCCOC(=O)COc1ccc2c(=O)cc(-c3ccccc3)oc2c1. The highest BCUT2D eigenvalue weighted by atomic mass is 16.6. The molecule has 2 aromatic carbocycles. The minimum Gasteiger partial charge on any atom is -0.482 e. The predicted molar refractivity (Wildman–Crippen MR) is 155 cm³/mol. The number of unbranched alkanes of at least 4 members (excludes halogenated alkanes) is 13. The molecular weight excluding hydrogens is 476 g/mol. The molecule has 0 N–H and O–H groups in total. The highest BCUT2D eigenvalue weighted by Crippen LogP contribution is 2.25. The third kappa shape index (κ3) is 10.7. The number of hydrogen-bond donors (Lipinski definition) is 0. The Morgan fingerprint density at radius 3 is 1.97 bits per heavy atom. The zero-order chi connectivity index (χ0) is 26.8. The standard InChI is InChI=1S/C33H44O5/c1-2-3-4-5-6-7-8-9-10-11-12-13-14-18-23-36-33(35)26-37-28-21-22-29-30(34)25-31(38-32(29)24-28)27-19-16-15-17-20-27/h15-17,19-22,24-25H,2-14,18,23,26H2,1H3. The van der Waals surface area contributed by atoms with Crippen LogP contribution in [0.15, 0.2) is 63.8 Å². The van der Waals surface area contributed by atoms with E-state index in [4.69, 9.17) is 13.9 Å². The van der Waals surface area contributed by atoms with E-state index in [-0.39, 0.29) is 18.0 Å². The Morgan fingerprint density at radius 1 is 0.737 bits per heavy atom. The van der Waals surface area contributed by atoms with Crippen LogP contribution in [0, 0.1) is 0 Å². The van der Waals surface area contributed by atoms with Crippen LogP contribution in [0.3, 0.4) is 0 Å². The molecule has 38 heavy (non-hydrogen) atoms. The molecule has 0 aliphatic carbocycles. The van der Waals surface area contributed by atoms with Crippen molar-refractivity contribution in [3.05, 3.63) is 64.8 Å². The molecule has 5 heteroatoms. The molecule has 0 saturated heterocycles. The van der Waals surface area contributed by atoms with Crippen LogP contribution in [0.5, 0.6) is 5.75 Å². The number of carbonyl (C=O) groups is 1. The third-order valence-electron chi connectivity index (χ3n) is 6.88. The van der Waals surface area contributed by atoms with Gasteiger partial charge in [-0.15, -0.1) is 0 Å². The number of esters is 1. The maximum atomic E-state index is 12.5. The largest absolute Gasteiger partial charge is 0.482 e. The Hall–Kier alpha value is -3.08. The van der Waals surface area contributed by atoms with Crippen LogP contribution < -0.4 is 10.2 Å². The van der Waals surface area contributed by atoms with Crippen LogP contribution in [0.1, 0.15) is 96.8 Å². The summed E-state index contributed by atoms with van der Waals surface area (Å²) in [4.78, 5) is 24.6. The van der Waals surface area contributed by atoms with Gasteiger partial charge in [0.2, 0.25) is 0 Å². The van der Waals surface area contributed by atoms with Gasteiger partial charge in [0.1, 0.15) is 17.1 Å². The average molecular weight is 521 g/mol. The first kappa shape index (κ1) is 29.5. The number of fused-ring (bicyclic) bond motifs is 1. The van der Waals surface area contributed by atoms with Crippen molar-refractivity contribution in [1.82, 2.24) is 0 Å². The quantitative estimate of drug-likeness (QED) is 0.117. The summed E-state index contributed by atoms with van der Waals surface area (Å²) >= 11 is 0. The van der Waals surface area contributed by atoms with E-state index in [1.807, 2.05) is 30.3 Å². The van der Waals surface area contributed by atoms with Gasteiger partial charge in [-0.2, -0.15) is 0 Å². The van der Waals surface area contributed by atoms with Gasteiger partial charge in [-0.05, 0) is 18.6 Å². The van der Waals surface area contributed by atoms with Gasteiger partial charge in [0.15, 0.2) is 12.0 Å². The van der Waals surface area contributed by atoms with E-state index in [0.717, 1.165) is 18.4 Å². The molecule has 0 atom stereocenters. The minimum atomic E-state index is -0.390. The van der Waals surface area contributed by atoms with E-state index in [0.29, 0.717) is 29.1 Å². The van der Waals surface area contributed by atoms with Gasteiger partial charge in [-0.3, -0.25) is 4.79 Å². The number of benzene rings is 2. The summed E-state index contributed by atoms with van der Waals surface area (Å²) in [6, 6.07) is 15.9. The van der Waals surface area contributed by atoms with Crippen molar-refractivity contribution in [2.24, 2.45) is 0 Å². The van der Waals surface area contributed by atoms with Crippen molar-refractivity contribution in [2.45, 2.75) is 96.8 Å². The van der Waals surface area contributed by atoms with E-state index in [1.54, 1.807) is 18.2 Å². The van der Waals surface area contributed by atoms with Gasteiger partial charge >= 0.3 is 5.97 Å². The molecule has 0 amide bonds. The number of hydrogen-bond acceptors (Lipinski definition) is 5. The molecule has 3 rings (SSSR count). The van der Waals surface area contributed by atoms with Crippen LogP contribution in [-0.4, -0.2) is 19.2 Å². The molecule has 206 valence electrons.